The predicted octanol–water partition coefficient (Wildman–Crippen LogP) is 3.49. The van der Waals surface area contributed by atoms with Gasteiger partial charge in [0.1, 0.15) is 5.54 Å². The number of carbonyl (C=O) groups is 2. The van der Waals surface area contributed by atoms with Crippen molar-refractivity contribution in [2.75, 3.05) is 24.3 Å². The standard InChI is InChI=1S/C16H23ClN2O3/c1-4-22-14(20)16(2,3)19(12-8-11-17)15(21)18-13-9-6-5-7-10-13/h5-7,9-10H,4,8,11-12H2,1-3H3,(H,18,21). The summed E-state index contributed by atoms with van der Waals surface area (Å²) in [6, 6.07) is 8.74. The average molecular weight is 327 g/mol. The number of alkyl halides is 1. The Morgan fingerprint density at radius 2 is 1.91 bits per heavy atom. The molecule has 0 aliphatic carbocycles. The van der Waals surface area contributed by atoms with Crippen molar-refractivity contribution >= 4 is 29.3 Å². The SMILES string of the molecule is CCOC(=O)C(C)(C)N(CCCCl)C(=O)Nc1ccccc1. The van der Waals surface area contributed by atoms with E-state index < -0.39 is 11.5 Å². The lowest BCUT2D eigenvalue weighted by Gasteiger charge is -2.36. The summed E-state index contributed by atoms with van der Waals surface area (Å²) < 4.78 is 5.07. The minimum atomic E-state index is -1.07. The molecule has 0 saturated carbocycles. The number of nitrogens with one attached hydrogen (secondary N) is 1. The zero-order valence-corrected chi connectivity index (χ0v) is 14.0. The molecular formula is C16H23ClN2O3. The fourth-order valence-electron chi connectivity index (χ4n) is 1.98. The lowest BCUT2D eigenvalue weighted by Crippen LogP contribution is -2.55. The van der Waals surface area contributed by atoms with Crippen LogP contribution in [-0.2, 0) is 9.53 Å². The van der Waals surface area contributed by atoms with Crippen molar-refractivity contribution in [3.05, 3.63) is 30.3 Å². The molecule has 2 amide bonds. The molecule has 1 aromatic rings. The minimum absolute atomic E-state index is 0.270. The van der Waals surface area contributed by atoms with Crippen LogP contribution in [0.5, 0.6) is 0 Å². The van der Waals surface area contributed by atoms with Crippen molar-refractivity contribution < 1.29 is 14.3 Å². The van der Waals surface area contributed by atoms with Gasteiger partial charge >= 0.3 is 12.0 Å². The number of ether oxygens (including phenoxy) is 1. The maximum atomic E-state index is 12.5. The van der Waals surface area contributed by atoms with Gasteiger partial charge in [-0.05, 0) is 39.3 Å². The van der Waals surface area contributed by atoms with Crippen molar-refractivity contribution in [3.63, 3.8) is 0 Å². The van der Waals surface area contributed by atoms with Crippen molar-refractivity contribution in [2.24, 2.45) is 0 Å². The maximum Gasteiger partial charge on any atom is 0.331 e. The molecule has 0 atom stereocenters. The molecular weight excluding hydrogens is 304 g/mol. The van der Waals surface area contributed by atoms with Crippen LogP contribution in [0.3, 0.4) is 0 Å². The minimum Gasteiger partial charge on any atom is -0.464 e. The number of carbonyl (C=O) groups excluding carboxylic acids is 2. The number of rotatable bonds is 7. The molecule has 0 saturated heterocycles. The highest BCUT2D eigenvalue weighted by Crippen LogP contribution is 2.19. The van der Waals surface area contributed by atoms with Crippen LogP contribution in [0.15, 0.2) is 30.3 Å². The van der Waals surface area contributed by atoms with E-state index in [4.69, 9.17) is 16.3 Å². The van der Waals surface area contributed by atoms with Crippen LogP contribution in [0.1, 0.15) is 27.2 Å². The zero-order valence-electron chi connectivity index (χ0n) is 13.3. The van der Waals surface area contributed by atoms with E-state index >= 15 is 0 Å². The normalized spacial score (nSPS) is 10.9. The molecule has 1 N–H and O–H groups in total. The summed E-state index contributed by atoms with van der Waals surface area (Å²) in [6.45, 7) is 5.72. The number of amides is 2. The molecule has 0 bridgehead atoms. The summed E-state index contributed by atoms with van der Waals surface area (Å²) >= 11 is 5.73. The molecule has 5 nitrogen and oxygen atoms in total. The molecule has 0 radical (unpaired) electrons. The van der Waals surface area contributed by atoms with Gasteiger partial charge in [-0.3, -0.25) is 0 Å². The molecule has 0 spiro atoms. The monoisotopic (exact) mass is 326 g/mol. The first kappa shape index (κ1) is 18.3. The summed E-state index contributed by atoms with van der Waals surface area (Å²) in [6.07, 6.45) is 0.590. The summed E-state index contributed by atoms with van der Waals surface area (Å²) in [5, 5.41) is 2.79. The number of hydrogen-bond acceptors (Lipinski definition) is 3. The Labute approximate surface area is 136 Å². The van der Waals surface area contributed by atoms with Crippen LogP contribution in [-0.4, -0.2) is 41.5 Å². The van der Waals surface area contributed by atoms with Gasteiger partial charge in [-0.25, -0.2) is 9.59 Å². The van der Waals surface area contributed by atoms with Crippen molar-refractivity contribution in [3.8, 4) is 0 Å². The third-order valence-corrected chi connectivity index (χ3v) is 3.50. The van der Waals surface area contributed by atoms with Gasteiger partial charge in [0.05, 0.1) is 6.61 Å². The molecule has 122 valence electrons. The molecule has 22 heavy (non-hydrogen) atoms. The van der Waals surface area contributed by atoms with Gasteiger partial charge in [0, 0.05) is 18.1 Å². The Bertz CT molecular complexity index is 491. The van der Waals surface area contributed by atoms with E-state index in [-0.39, 0.29) is 12.6 Å². The smallest absolute Gasteiger partial charge is 0.331 e. The first-order valence-electron chi connectivity index (χ1n) is 7.30. The lowest BCUT2D eigenvalue weighted by atomic mass is 10.0. The van der Waals surface area contributed by atoms with Gasteiger partial charge in [-0.2, -0.15) is 0 Å². The average Bonchev–Trinajstić information content (AvgIpc) is 2.48. The largest absolute Gasteiger partial charge is 0.464 e. The number of nitrogens with zero attached hydrogens (tertiary/aromatic N) is 1. The van der Waals surface area contributed by atoms with Crippen LogP contribution in [0.2, 0.25) is 0 Å². The Morgan fingerprint density at radius 1 is 1.27 bits per heavy atom. The van der Waals surface area contributed by atoms with Crippen LogP contribution in [0.4, 0.5) is 10.5 Å². The van der Waals surface area contributed by atoms with E-state index in [1.807, 2.05) is 18.2 Å². The fraction of sp³-hybridized carbons (Fsp3) is 0.500. The van der Waals surface area contributed by atoms with E-state index in [2.05, 4.69) is 5.32 Å². The first-order chi connectivity index (χ1) is 10.4. The predicted molar refractivity (Wildman–Crippen MR) is 88.2 cm³/mol. The quantitative estimate of drug-likeness (QED) is 0.616. The number of urea groups is 1. The van der Waals surface area contributed by atoms with Crippen molar-refractivity contribution in [2.45, 2.75) is 32.7 Å². The maximum absolute atomic E-state index is 12.5. The number of esters is 1. The second-order valence-electron chi connectivity index (χ2n) is 5.27. The summed E-state index contributed by atoms with van der Waals surface area (Å²) in [5.74, 6) is -0.0265. The van der Waals surface area contributed by atoms with E-state index in [1.54, 1.807) is 32.9 Å². The molecule has 0 aliphatic heterocycles. The fourth-order valence-corrected chi connectivity index (χ4v) is 2.10. The molecule has 1 aromatic carbocycles. The zero-order chi connectivity index (χ0) is 16.6. The van der Waals surface area contributed by atoms with Crippen molar-refractivity contribution in [1.29, 1.82) is 0 Å². The Kier molecular flexibility index (Phi) is 7.18. The van der Waals surface area contributed by atoms with E-state index in [1.165, 1.54) is 4.90 Å². The van der Waals surface area contributed by atoms with E-state index in [0.717, 1.165) is 0 Å². The number of hydrogen-bond donors (Lipinski definition) is 1. The topological polar surface area (TPSA) is 58.6 Å². The van der Waals surface area contributed by atoms with E-state index in [0.29, 0.717) is 24.5 Å². The number of halogens is 1. The molecule has 1 rings (SSSR count). The molecule has 0 aromatic heterocycles. The second kappa shape index (κ2) is 8.63. The van der Waals surface area contributed by atoms with Gasteiger partial charge in [0.15, 0.2) is 0 Å². The van der Waals surface area contributed by atoms with Crippen LogP contribution in [0.25, 0.3) is 0 Å². The van der Waals surface area contributed by atoms with Gasteiger partial charge in [0.2, 0.25) is 0 Å². The first-order valence-corrected chi connectivity index (χ1v) is 7.83. The summed E-state index contributed by atoms with van der Waals surface area (Å²) in [4.78, 5) is 26.1. The third-order valence-electron chi connectivity index (χ3n) is 3.24. The highest BCUT2D eigenvalue weighted by molar-refractivity contribution is 6.17. The van der Waals surface area contributed by atoms with E-state index in [9.17, 15) is 9.59 Å². The van der Waals surface area contributed by atoms with Crippen LogP contribution < -0.4 is 5.32 Å². The molecule has 0 heterocycles. The number of benzene rings is 1. The summed E-state index contributed by atoms with van der Waals surface area (Å²) in [5.41, 5.74) is -0.399. The van der Waals surface area contributed by atoms with Gasteiger partial charge in [-0.1, -0.05) is 18.2 Å². The van der Waals surface area contributed by atoms with Gasteiger partial charge in [-0.15, -0.1) is 11.6 Å². The number of para-hydroxylation sites is 1. The lowest BCUT2D eigenvalue weighted by molar-refractivity contribution is -0.153. The number of anilines is 1. The highest BCUT2D eigenvalue weighted by Gasteiger charge is 2.39. The molecule has 0 aliphatic rings. The van der Waals surface area contributed by atoms with Crippen molar-refractivity contribution in [1.82, 2.24) is 4.90 Å². The third kappa shape index (κ3) is 4.91. The molecule has 0 unspecified atom stereocenters. The Balaban J connectivity index is 2.91. The Morgan fingerprint density at radius 3 is 2.45 bits per heavy atom. The Hall–Kier alpha value is -1.75. The van der Waals surface area contributed by atoms with Crippen LogP contribution in [0, 0.1) is 0 Å². The highest BCUT2D eigenvalue weighted by atomic mass is 35.5. The van der Waals surface area contributed by atoms with Gasteiger partial charge in [0.25, 0.3) is 0 Å². The summed E-state index contributed by atoms with van der Waals surface area (Å²) in [7, 11) is 0. The van der Waals surface area contributed by atoms with Crippen LogP contribution >= 0.6 is 11.6 Å². The van der Waals surface area contributed by atoms with Gasteiger partial charge < -0.3 is 15.0 Å². The molecule has 0 fully saturated rings. The molecule has 6 heteroatoms. The second-order valence-corrected chi connectivity index (χ2v) is 5.65.